The molecule has 1 heterocycles. The highest BCUT2D eigenvalue weighted by Crippen LogP contribution is 2.34. The molecule has 41 heavy (non-hydrogen) atoms. The molecule has 0 unspecified atom stereocenters. The number of carbonyl (C=O) groups is 2. The first-order valence-electron chi connectivity index (χ1n) is 13.7. The van der Waals surface area contributed by atoms with Gasteiger partial charge in [-0.25, -0.2) is 4.79 Å². The fourth-order valence-electron chi connectivity index (χ4n) is 4.68. The zero-order chi connectivity index (χ0) is 29.2. The van der Waals surface area contributed by atoms with Crippen LogP contribution in [0.15, 0.2) is 59.1 Å². The summed E-state index contributed by atoms with van der Waals surface area (Å²) in [6, 6.07) is 16.3. The van der Waals surface area contributed by atoms with Crippen molar-refractivity contribution in [1.82, 2.24) is 4.90 Å². The van der Waals surface area contributed by atoms with Gasteiger partial charge >= 0.3 is 11.9 Å². The average Bonchev–Trinajstić information content (AvgIpc) is 3.46. The van der Waals surface area contributed by atoms with Crippen LogP contribution in [0.2, 0.25) is 10.0 Å². The van der Waals surface area contributed by atoms with Crippen molar-refractivity contribution in [1.29, 1.82) is 0 Å². The molecule has 0 amide bonds. The molecule has 10 heteroatoms. The molecule has 0 aliphatic carbocycles. The molecule has 1 aliphatic rings. The van der Waals surface area contributed by atoms with Gasteiger partial charge in [0.15, 0.2) is 0 Å². The predicted molar refractivity (Wildman–Crippen MR) is 168 cm³/mol. The molecule has 0 spiro atoms. The van der Waals surface area contributed by atoms with E-state index in [1.807, 2.05) is 30.3 Å². The van der Waals surface area contributed by atoms with Crippen molar-refractivity contribution in [3.05, 3.63) is 85.8 Å². The van der Waals surface area contributed by atoms with Crippen molar-refractivity contribution < 1.29 is 19.1 Å². The van der Waals surface area contributed by atoms with Crippen LogP contribution in [0.3, 0.4) is 0 Å². The molecule has 1 fully saturated rings. The van der Waals surface area contributed by atoms with Gasteiger partial charge in [0.1, 0.15) is 0 Å². The first kappa shape index (κ1) is 31.2. The lowest BCUT2D eigenvalue weighted by molar-refractivity contribution is -0.142. The van der Waals surface area contributed by atoms with E-state index in [4.69, 9.17) is 38.4 Å². The molecule has 218 valence electrons. The van der Waals surface area contributed by atoms with Crippen LogP contribution in [0.1, 0.15) is 53.6 Å². The number of nitrogens with zero attached hydrogens (tertiary/aromatic N) is 1. The maximum atomic E-state index is 12.6. The van der Waals surface area contributed by atoms with Crippen molar-refractivity contribution in [2.45, 2.75) is 45.1 Å². The minimum atomic E-state index is -0.370. The van der Waals surface area contributed by atoms with Crippen molar-refractivity contribution in [2.75, 3.05) is 37.4 Å². The molecule has 0 aromatic heterocycles. The number of rotatable bonds is 13. The van der Waals surface area contributed by atoms with Gasteiger partial charge in [0, 0.05) is 16.7 Å². The summed E-state index contributed by atoms with van der Waals surface area (Å²) in [5.41, 5.74) is 10.4. The van der Waals surface area contributed by atoms with E-state index in [1.54, 1.807) is 24.3 Å². The first-order valence-corrected chi connectivity index (χ1v) is 15.3. The lowest BCUT2D eigenvalue weighted by Gasteiger charge is -2.17. The van der Waals surface area contributed by atoms with Gasteiger partial charge in [-0.2, -0.15) is 0 Å². The third kappa shape index (κ3) is 9.10. The standard InChI is InChI=1S/C31H34BrCl2N3O4/c32-24-18-22(17-23(29(24)35)20-37-13-4-5-14-37)31(39)41-16-7-1-6-15-40-28(38)19-21-9-2-3-12-27(21)36-30-25(33)10-8-11-26(30)34/h2-3,8-12,17-18,36H,1,4-7,13-16,19-20,35H2. The molecule has 1 aliphatic heterocycles. The molecule has 3 aromatic carbocycles. The monoisotopic (exact) mass is 661 g/mol. The number of carbonyl (C=O) groups excluding carboxylic acids is 2. The molecule has 0 saturated carbocycles. The molecule has 0 atom stereocenters. The minimum Gasteiger partial charge on any atom is -0.465 e. The fourth-order valence-corrected chi connectivity index (χ4v) is 5.67. The molecule has 4 rings (SSSR count). The smallest absolute Gasteiger partial charge is 0.338 e. The minimum absolute atomic E-state index is 0.111. The number of anilines is 3. The topological polar surface area (TPSA) is 93.9 Å². The molecular weight excluding hydrogens is 629 g/mol. The van der Waals surface area contributed by atoms with Crippen LogP contribution in [0.25, 0.3) is 0 Å². The van der Waals surface area contributed by atoms with E-state index in [0.29, 0.717) is 57.5 Å². The number of ether oxygens (including phenoxy) is 2. The van der Waals surface area contributed by atoms with Crippen LogP contribution in [-0.2, 0) is 27.2 Å². The summed E-state index contributed by atoms with van der Waals surface area (Å²) in [7, 11) is 0. The second-order valence-corrected chi connectivity index (χ2v) is 11.7. The van der Waals surface area contributed by atoms with Crippen LogP contribution in [0, 0.1) is 0 Å². The molecule has 3 N–H and O–H groups in total. The summed E-state index contributed by atoms with van der Waals surface area (Å²) in [4.78, 5) is 27.5. The van der Waals surface area contributed by atoms with E-state index in [1.165, 1.54) is 12.8 Å². The van der Waals surface area contributed by atoms with Crippen molar-refractivity contribution in [2.24, 2.45) is 0 Å². The number of esters is 2. The second kappa shape index (κ2) is 15.4. The van der Waals surface area contributed by atoms with Gasteiger partial charge < -0.3 is 20.5 Å². The van der Waals surface area contributed by atoms with Gasteiger partial charge in [-0.3, -0.25) is 9.69 Å². The van der Waals surface area contributed by atoms with Gasteiger partial charge in [0.2, 0.25) is 0 Å². The number of halogens is 3. The Kier molecular flexibility index (Phi) is 11.7. The van der Waals surface area contributed by atoms with E-state index in [-0.39, 0.29) is 18.4 Å². The molecule has 7 nitrogen and oxygen atoms in total. The third-order valence-corrected chi connectivity index (χ3v) is 8.19. The molecular formula is C31H34BrCl2N3O4. The van der Waals surface area contributed by atoms with Gasteiger partial charge in [-0.15, -0.1) is 0 Å². The molecule has 0 bridgehead atoms. The van der Waals surface area contributed by atoms with E-state index in [9.17, 15) is 9.59 Å². The molecule has 3 aromatic rings. The number of nitrogen functional groups attached to an aromatic ring is 1. The van der Waals surface area contributed by atoms with Crippen LogP contribution in [-0.4, -0.2) is 43.1 Å². The number of nitrogens with two attached hydrogens (primary N) is 1. The average molecular weight is 663 g/mol. The lowest BCUT2D eigenvalue weighted by atomic mass is 10.1. The molecule has 1 saturated heterocycles. The zero-order valence-corrected chi connectivity index (χ0v) is 25.9. The number of nitrogens with one attached hydrogen (secondary N) is 1. The van der Waals surface area contributed by atoms with Crippen molar-refractivity contribution >= 4 is 68.1 Å². The number of likely N-dealkylation sites (tertiary alicyclic amines) is 1. The zero-order valence-electron chi connectivity index (χ0n) is 22.8. The summed E-state index contributed by atoms with van der Waals surface area (Å²) < 4.78 is 11.6. The highest BCUT2D eigenvalue weighted by molar-refractivity contribution is 9.10. The number of hydrogen-bond acceptors (Lipinski definition) is 7. The number of benzene rings is 3. The van der Waals surface area contributed by atoms with Crippen molar-refractivity contribution in [3.8, 4) is 0 Å². The number of unbranched alkanes of at least 4 members (excludes halogenated alkanes) is 2. The van der Waals surface area contributed by atoms with Gasteiger partial charge in [-0.1, -0.05) is 47.5 Å². The van der Waals surface area contributed by atoms with E-state index in [0.717, 1.165) is 42.9 Å². The van der Waals surface area contributed by atoms with E-state index >= 15 is 0 Å². The Labute approximate surface area is 259 Å². The van der Waals surface area contributed by atoms with Crippen LogP contribution < -0.4 is 11.1 Å². The summed E-state index contributed by atoms with van der Waals surface area (Å²) in [6.07, 6.45) is 4.59. The molecule has 0 radical (unpaired) electrons. The quantitative estimate of drug-likeness (QED) is 0.110. The lowest BCUT2D eigenvalue weighted by Crippen LogP contribution is -2.20. The number of para-hydroxylation sites is 2. The Morgan fingerprint density at radius 1 is 0.902 bits per heavy atom. The number of hydrogen-bond donors (Lipinski definition) is 2. The maximum absolute atomic E-state index is 12.6. The van der Waals surface area contributed by atoms with Gasteiger partial charge in [0.05, 0.1) is 46.6 Å². The predicted octanol–water partition coefficient (Wildman–Crippen LogP) is 7.79. The second-order valence-electron chi connectivity index (χ2n) is 9.99. The summed E-state index contributed by atoms with van der Waals surface area (Å²) in [6.45, 7) is 3.40. The van der Waals surface area contributed by atoms with Crippen LogP contribution in [0.5, 0.6) is 0 Å². The van der Waals surface area contributed by atoms with Crippen LogP contribution >= 0.6 is 39.1 Å². The summed E-state index contributed by atoms with van der Waals surface area (Å²) >= 11 is 16.0. The Morgan fingerprint density at radius 2 is 1.59 bits per heavy atom. The van der Waals surface area contributed by atoms with Crippen molar-refractivity contribution in [3.63, 3.8) is 0 Å². The van der Waals surface area contributed by atoms with Gasteiger partial charge in [-0.05, 0) is 103 Å². The highest BCUT2D eigenvalue weighted by atomic mass is 79.9. The normalized spacial score (nSPS) is 13.2. The largest absolute Gasteiger partial charge is 0.465 e. The maximum Gasteiger partial charge on any atom is 0.338 e. The Balaban J connectivity index is 1.16. The summed E-state index contributed by atoms with van der Waals surface area (Å²) in [5.74, 6) is -0.695. The van der Waals surface area contributed by atoms with Crippen LogP contribution in [0.4, 0.5) is 17.1 Å². The Hall–Kier alpha value is -2.78. The first-order chi connectivity index (χ1) is 19.8. The Morgan fingerprint density at radius 3 is 2.32 bits per heavy atom. The summed E-state index contributed by atoms with van der Waals surface area (Å²) in [5, 5.41) is 4.21. The van der Waals surface area contributed by atoms with E-state index in [2.05, 4.69) is 26.1 Å². The SMILES string of the molecule is Nc1c(Br)cc(C(=O)OCCCCCOC(=O)Cc2ccccc2Nc2c(Cl)cccc2Cl)cc1CN1CCCC1. The highest BCUT2D eigenvalue weighted by Gasteiger charge is 2.18. The Bertz CT molecular complexity index is 1340. The third-order valence-electron chi connectivity index (χ3n) is 6.90. The van der Waals surface area contributed by atoms with Gasteiger partial charge in [0.25, 0.3) is 0 Å². The fraction of sp³-hybridized carbons (Fsp3) is 0.355. The van der Waals surface area contributed by atoms with E-state index < -0.39 is 0 Å².